The summed E-state index contributed by atoms with van der Waals surface area (Å²) in [4.78, 5) is 0. The quantitative estimate of drug-likeness (QED) is 0.792. The van der Waals surface area contributed by atoms with Gasteiger partial charge in [0.25, 0.3) is 0 Å². The molecule has 1 aromatic rings. The van der Waals surface area contributed by atoms with Gasteiger partial charge in [0.15, 0.2) is 11.5 Å². The van der Waals surface area contributed by atoms with Crippen LogP contribution in [0.5, 0.6) is 11.5 Å². The molecule has 0 aromatic heterocycles. The van der Waals surface area contributed by atoms with Crippen molar-refractivity contribution in [3.63, 3.8) is 0 Å². The molecule has 106 valence electrons. The Morgan fingerprint density at radius 1 is 1.26 bits per heavy atom. The van der Waals surface area contributed by atoms with E-state index in [1.165, 1.54) is 31.2 Å². The largest absolute Gasteiger partial charge is 0.493 e. The predicted octanol–water partition coefficient (Wildman–Crippen LogP) is 2.10. The van der Waals surface area contributed by atoms with Crippen LogP contribution in [-0.2, 0) is 6.54 Å². The Hall–Kier alpha value is -1.26. The lowest BCUT2D eigenvalue weighted by molar-refractivity contribution is 0.196. The van der Waals surface area contributed by atoms with Gasteiger partial charge >= 0.3 is 0 Å². The van der Waals surface area contributed by atoms with Crippen LogP contribution in [0.25, 0.3) is 0 Å². The summed E-state index contributed by atoms with van der Waals surface area (Å²) in [5.41, 5.74) is 1.19. The second-order valence-electron chi connectivity index (χ2n) is 4.92. The highest BCUT2D eigenvalue weighted by Crippen LogP contribution is 2.28. The standard InChI is InChI=1S/C15H23NO3/c1-18-15-10-12(6-7-14(15)19-9-8-17)11-16-13-4-2-3-5-13/h6-7,10,13,16-17H,2-5,8-9,11H2,1H3. The van der Waals surface area contributed by atoms with Crippen LogP contribution >= 0.6 is 0 Å². The van der Waals surface area contributed by atoms with Crippen LogP contribution in [0.3, 0.4) is 0 Å². The number of methoxy groups -OCH3 is 1. The first-order chi connectivity index (χ1) is 9.33. The van der Waals surface area contributed by atoms with E-state index in [9.17, 15) is 0 Å². The van der Waals surface area contributed by atoms with Crippen molar-refractivity contribution in [2.45, 2.75) is 38.3 Å². The summed E-state index contributed by atoms with van der Waals surface area (Å²) >= 11 is 0. The van der Waals surface area contributed by atoms with Gasteiger partial charge in [-0.3, -0.25) is 0 Å². The smallest absolute Gasteiger partial charge is 0.161 e. The molecule has 4 heteroatoms. The van der Waals surface area contributed by atoms with Crippen molar-refractivity contribution in [3.05, 3.63) is 23.8 Å². The lowest BCUT2D eigenvalue weighted by atomic mass is 10.1. The number of hydrogen-bond acceptors (Lipinski definition) is 4. The minimum absolute atomic E-state index is 0.00808. The van der Waals surface area contributed by atoms with Crippen molar-refractivity contribution in [3.8, 4) is 11.5 Å². The van der Waals surface area contributed by atoms with Gasteiger partial charge in [0, 0.05) is 12.6 Å². The van der Waals surface area contributed by atoms with Gasteiger partial charge in [0.05, 0.1) is 13.7 Å². The highest BCUT2D eigenvalue weighted by molar-refractivity contribution is 5.42. The molecular weight excluding hydrogens is 242 g/mol. The van der Waals surface area contributed by atoms with Crippen molar-refractivity contribution in [2.75, 3.05) is 20.3 Å². The Kier molecular flexibility index (Phi) is 5.48. The van der Waals surface area contributed by atoms with E-state index in [4.69, 9.17) is 14.6 Å². The summed E-state index contributed by atoms with van der Waals surface area (Å²) < 4.78 is 10.7. The predicted molar refractivity (Wildman–Crippen MR) is 74.7 cm³/mol. The number of aliphatic hydroxyl groups is 1. The molecule has 1 aliphatic rings. The lowest BCUT2D eigenvalue weighted by Crippen LogP contribution is -2.25. The van der Waals surface area contributed by atoms with Gasteiger partial charge in [-0.05, 0) is 30.5 Å². The molecule has 2 N–H and O–H groups in total. The van der Waals surface area contributed by atoms with E-state index in [-0.39, 0.29) is 13.2 Å². The van der Waals surface area contributed by atoms with Gasteiger partial charge < -0.3 is 19.9 Å². The molecule has 4 nitrogen and oxygen atoms in total. The Bertz CT molecular complexity index is 389. The molecule has 1 aliphatic carbocycles. The third-order valence-corrected chi connectivity index (χ3v) is 3.53. The fourth-order valence-electron chi connectivity index (χ4n) is 2.49. The van der Waals surface area contributed by atoms with Gasteiger partial charge in [-0.2, -0.15) is 0 Å². The molecule has 1 aromatic carbocycles. The van der Waals surface area contributed by atoms with Crippen LogP contribution in [0, 0.1) is 0 Å². The maximum absolute atomic E-state index is 8.78. The molecule has 1 saturated carbocycles. The van der Waals surface area contributed by atoms with Gasteiger partial charge in [0.2, 0.25) is 0 Å². The molecule has 0 aliphatic heterocycles. The average Bonchev–Trinajstić information content (AvgIpc) is 2.96. The number of rotatable bonds is 7. The molecule has 19 heavy (non-hydrogen) atoms. The summed E-state index contributed by atoms with van der Waals surface area (Å²) in [6.07, 6.45) is 5.26. The van der Waals surface area contributed by atoms with Crippen LogP contribution in [0.1, 0.15) is 31.2 Å². The van der Waals surface area contributed by atoms with Crippen LogP contribution in [-0.4, -0.2) is 31.5 Å². The summed E-state index contributed by atoms with van der Waals surface area (Å²) in [6.45, 7) is 1.16. The summed E-state index contributed by atoms with van der Waals surface area (Å²) in [5.74, 6) is 1.40. The number of aliphatic hydroxyl groups excluding tert-OH is 1. The highest BCUT2D eigenvalue weighted by atomic mass is 16.5. The highest BCUT2D eigenvalue weighted by Gasteiger charge is 2.14. The van der Waals surface area contributed by atoms with E-state index in [1.807, 2.05) is 18.2 Å². The molecule has 0 unspecified atom stereocenters. The Labute approximate surface area is 114 Å². The molecular formula is C15H23NO3. The third-order valence-electron chi connectivity index (χ3n) is 3.53. The first-order valence-electron chi connectivity index (χ1n) is 6.97. The summed E-state index contributed by atoms with van der Waals surface area (Å²) in [7, 11) is 1.63. The van der Waals surface area contributed by atoms with Gasteiger partial charge in [-0.15, -0.1) is 0 Å². The topological polar surface area (TPSA) is 50.7 Å². The van der Waals surface area contributed by atoms with E-state index in [0.717, 1.165) is 12.3 Å². The molecule has 0 spiro atoms. The zero-order chi connectivity index (χ0) is 13.5. The van der Waals surface area contributed by atoms with Crippen molar-refractivity contribution >= 4 is 0 Å². The van der Waals surface area contributed by atoms with Gasteiger partial charge in [-0.25, -0.2) is 0 Å². The SMILES string of the molecule is COc1cc(CNC2CCCC2)ccc1OCCO. The van der Waals surface area contributed by atoms with Crippen LogP contribution in [0.15, 0.2) is 18.2 Å². The van der Waals surface area contributed by atoms with Gasteiger partial charge in [-0.1, -0.05) is 18.9 Å². The first kappa shape index (κ1) is 14.2. The maximum atomic E-state index is 8.78. The van der Waals surface area contributed by atoms with Crippen molar-refractivity contribution in [1.29, 1.82) is 0 Å². The monoisotopic (exact) mass is 265 g/mol. The van der Waals surface area contributed by atoms with E-state index in [0.29, 0.717) is 11.8 Å². The summed E-state index contributed by atoms with van der Waals surface area (Å²) in [5, 5.41) is 12.4. The van der Waals surface area contributed by atoms with E-state index in [1.54, 1.807) is 7.11 Å². The average molecular weight is 265 g/mol. The molecule has 0 heterocycles. The van der Waals surface area contributed by atoms with E-state index < -0.39 is 0 Å². The van der Waals surface area contributed by atoms with Gasteiger partial charge in [0.1, 0.15) is 6.61 Å². The number of nitrogens with one attached hydrogen (secondary N) is 1. The summed E-state index contributed by atoms with van der Waals surface area (Å²) in [6, 6.07) is 6.60. The molecule has 0 saturated heterocycles. The second kappa shape index (κ2) is 7.36. The minimum Gasteiger partial charge on any atom is -0.493 e. The lowest BCUT2D eigenvalue weighted by Gasteiger charge is -2.14. The van der Waals surface area contributed by atoms with Crippen LogP contribution in [0.4, 0.5) is 0 Å². The van der Waals surface area contributed by atoms with Crippen molar-refractivity contribution in [2.24, 2.45) is 0 Å². The second-order valence-corrected chi connectivity index (χ2v) is 4.92. The molecule has 2 rings (SSSR count). The van der Waals surface area contributed by atoms with Crippen molar-refractivity contribution < 1.29 is 14.6 Å². The zero-order valence-corrected chi connectivity index (χ0v) is 11.5. The molecule has 0 bridgehead atoms. The van der Waals surface area contributed by atoms with E-state index in [2.05, 4.69) is 5.32 Å². The molecule has 0 atom stereocenters. The normalized spacial score (nSPS) is 15.7. The minimum atomic E-state index is 0.00808. The Morgan fingerprint density at radius 2 is 2.05 bits per heavy atom. The number of hydrogen-bond donors (Lipinski definition) is 2. The number of ether oxygens (including phenoxy) is 2. The fraction of sp³-hybridized carbons (Fsp3) is 0.600. The Morgan fingerprint density at radius 3 is 2.74 bits per heavy atom. The molecule has 1 fully saturated rings. The fourth-order valence-corrected chi connectivity index (χ4v) is 2.49. The van der Waals surface area contributed by atoms with E-state index >= 15 is 0 Å². The van der Waals surface area contributed by atoms with Crippen LogP contribution in [0.2, 0.25) is 0 Å². The maximum Gasteiger partial charge on any atom is 0.161 e. The first-order valence-corrected chi connectivity index (χ1v) is 6.97. The Balaban J connectivity index is 1.93. The van der Waals surface area contributed by atoms with Crippen molar-refractivity contribution in [1.82, 2.24) is 5.32 Å². The third kappa shape index (κ3) is 4.11. The molecule has 0 radical (unpaired) electrons. The molecule has 0 amide bonds. The number of benzene rings is 1. The zero-order valence-electron chi connectivity index (χ0n) is 11.5. The van der Waals surface area contributed by atoms with Crippen LogP contribution < -0.4 is 14.8 Å².